The van der Waals surface area contributed by atoms with E-state index in [4.69, 9.17) is 5.73 Å². The lowest BCUT2D eigenvalue weighted by Crippen LogP contribution is -2.19. The van der Waals surface area contributed by atoms with E-state index in [1.165, 1.54) is 11.8 Å². The molecule has 7 heteroatoms. The van der Waals surface area contributed by atoms with Crippen LogP contribution in [0.15, 0.2) is 70.7 Å². The first-order chi connectivity index (χ1) is 13.1. The average Bonchev–Trinajstić information content (AvgIpc) is 3.01. The van der Waals surface area contributed by atoms with Crippen LogP contribution in [-0.2, 0) is 4.79 Å². The second-order valence-corrected chi connectivity index (χ2v) is 6.88. The van der Waals surface area contributed by atoms with Gasteiger partial charge in [-0.15, -0.1) is 0 Å². The largest absolute Gasteiger partial charge is 0.366 e. The molecule has 3 aromatic rings. The van der Waals surface area contributed by atoms with Gasteiger partial charge in [-0.3, -0.25) is 14.6 Å². The molecular weight excluding hydrogens is 360 g/mol. The summed E-state index contributed by atoms with van der Waals surface area (Å²) >= 11 is 1.27. The highest BCUT2D eigenvalue weighted by atomic mass is 32.2. The van der Waals surface area contributed by atoms with E-state index in [-0.39, 0.29) is 5.91 Å². The number of rotatable bonds is 3. The summed E-state index contributed by atoms with van der Waals surface area (Å²) in [5, 5.41) is 4.25. The monoisotopic (exact) mass is 374 g/mol. The van der Waals surface area contributed by atoms with Gasteiger partial charge < -0.3 is 11.1 Å². The highest BCUT2D eigenvalue weighted by Crippen LogP contribution is 2.28. The quantitative estimate of drug-likeness (QED) is 0.688. The Labute approximate surface area is 159 Å². The van der Waals surface area contributed by atoms with Crippen molar-refractivity contribution in [3.63, 3.8) is 0 Å². The van der Waals surface area contributed by atoms with Crippen LogP contribution in [0.1, 0.15) is 15.9 Å². The number of nitrogens with one attached hydrogen (secondary N) is 1. The average molecular weight is 374 g/mol. The standard InChI is InChI=1S/C20H14N4O2S/c21-18(25)13-4-6-15(7-5-13)23-20-24-19(26)17(27-20)11-12-3-8-16-14(10-12)2-1-9-22-16/h1-11H,(H2,21,25)(H,23,24,26)/b17-11+. The maximum absolute atomic E-state index is 12.2. The van der Waals surface area contributed by atoms with Gasteiger partial charge in [-0.1, -0.05) is 12.1 Å². The lowest BCUT2D eigenvalue weighted by molar-refractivity contribution is -0.115. The number of benzene rings is 2. The Balaban J connectivity index is 1.57. The second kappa shape index (κ2) is 7.05. The van der Waals surface area contributed by atoms with Gasteiger partial charge in [-0.25, -0.2) is 4.99 Å². The zero-order valence-corrected chi connectivity index (χ0v) is 14.9. The van der Waals surface area contributed by atoms with E-state index < -0.39 is 5.91 Å². The third-order valence-electron chi connectivity index (χ3n) is 3.96. The summed E-state index contributed by atoms with van der Waals surface area (Å²) in [6.07, 6.45) is 3.57. The molecule has 0 saturated carbocycles. The number of thioether (sulfide) groups is 1. The third kappa shape index (κ3) is 3.73. The van der Waals surface area contributed by atoms with Crippen molar-refractivity contribution in [3.05, 3.63) is 76.8 Å². The summed E-state index contributed by atoms with van der Waals surface area (Å²) < 4.78 is 0. The van der Waals surface area contributed by atoms with E-state index in [1.54, 1.807) is 30.5 Å². The molecule has 1 aromatic heterocycles. The smallest absolute Gasteiger partial charge is 0.264 e. The molecular formula is C20H14N4O2S. The zero-order valence-electron chi connectivity index (χ0n) is 14.0. The number of aliphatic imine (C=N–C) groups is 1. The molecule has 1 aliphatic heterocycles. The summed E-state index contributed by atoms with van der Waals surface area (Å²) in [4.78, 5) is 32.6. The molecule has 0 atom stereocenters. The van der Waals surface area contributed by atoms with Crippen molar-refractivity contribution < 1.29 is 9.59 Å². The molecule has 1 saturated heterocycles. The van der Waals surface area contributed by atoms with Crippen LogP contribution in [0.4, 0.5) is 5.69 Å². The lowest BCUT2D eigenvalue weighted by Gasteiger charge is -1.99. The van der Waals surface area contributed by atoms with Crippen LogP contribution in [-0.4, -0.2) is 22.0 Å². The van der Waals surface area contributed by atoms with Crippen LogP contribution >= 0.6 is 11.8 Å². The second-order valence-electron chi connectivity index (χ2n) is 5.85. The van der Waals surface area contributed by atoms with Crippen LogP contribution in [0, 0.1) is 0 Å². The van der Waals surface area contributed by atoms with Crippen molar-refractivity contribution in [1.29, 1.82) is 0 Å². The normalized spacial score (nSPS) is 16.8. The molecule has 132 valence electrons. The maximum atomic E-state index is 12.2. The fraction of sp³-hybridized carbons (Fsp3) is 0. The highest BCUT2D eigenvalue weighted by Gasteiger charge is 2.23. The number of hydrogen-bond acceptors (Lipinski definition) is 5. The van der Waals surface area contributed by atoms with Crippen molar-refractivity contribution >= 4 is 51.4 Å². The molecule has 0 radical (unpaired) electrons. The minimum atomic E-state index is -0.492. The number of amidine groups is 1. The van der Waals surface area contributed by atoms with Gasteiger partial charge in [0, 0.05) is 17.1 Å². The summed E-state index contributed by atoms with van der Waals surface area (Å²) in [6.45, 7) is 0. The molecule has 2 heterocycles. The zero-order chi connectivity index (χ0) is 18.8. The minimum absolute atomic E-state index is 0.196. The summed E-state index contributed by atoms with van der Waals surface area (Å²) in [5.41, 5.74) is 8.08. The molecule has 27 heavy (non-hydrogen) atoms. The first-order valence-corrected chi connectivity index (χ1v) is 8.94. The minimum Gasteiger partial charge on any atom is -0.366 e. The predicted octanol–water partition coefficient (Wildman–Crippen LogP) is 3.23. The van der Waals surface area contributed by atoms with Gasteiger partial charge in [0.1, 0.15) is 0 Å². The Morgan fingerprint density at radius 3 is 2.74 bits per heavy atom. The van der Waals surface area contributed by atoms with E-state index in [9.17, 15) is 9.59 Å². The van der Waals surface area contributed by atoms with E-state index in [1.807, 2.05) is 36.4 Å². The molecule has 0 unspecified atom stereocenters. The van der Waals surface area contributed by atoms with Crippen LogP contribution < -0.4 is 11.1 Å². The molecule has 0 aliphatic carbocycles. The Hall–Kier alpha value is -3.45. The van der Waals surface area contributed by atoms with Crippen LogP contribution in [0.5, 0.6) is 0 Å². The fourth-order valence-corrected chi connectivity index (χ4v) is 3.48. The van der Waals surface area contributed by atoms with Gasteiger partial charge in [0.05, 0.1) is 16.1 Å². The number of hydrogen-bond donors (Lipinski definition) is 2. The van der Waals surface area contributed by atoms with Crippen molar-refractivity contribution in [2.24, 2.45) is 10.7 Å². The van der Waals surface area contributed by atoms with Gasteiger partial charge in [0.2, 0.25) is 5.91 Å². The fourth-order valence-electron chi connectivity index (χ4n) is 2.63. The predicted molar refractivity (Wildman–Crippen MR) is 108 cm³/mol. The number of nitrogens with zero attached hydrogens (tertiary/aromatic N) is 2. The molecule has 0 spiro atoms. The number of amides is 2. The lowest BCUT2D eigenvalue weighted by atomic mass is 10.1. The van der Waals surface area contributed by atoms with Crippen LogP contribution in [0.3, 0.4) is 0 Å². The first-order valence-electron chi connectivity index (χ1n) is 8.13. The molecule has 2 amide bonds. The summed E-state index contributed by atoms with van der Waals surface area (Å²) in [7, 11) is 0. The van der Waals surface area contributed by atoms with Crippen molar-refractivity contribution in [2.45, 2.75) is 0 Å². The van der Waals surface area contributed by atoms with Gasteiger partial charge in [0.25, 0.3) is 5.91 Å². The molecule has 1 aliphatic rings. The SMILES string of the molecule is NC(=O)c1ccc(N=C2NC(=O)/C(=C\c3ccc4ncccc4c3)S2)cc1. The molecule has 0 bridgehead atoms. The van der Waals surface area contributed by atoms with Gasteiger partial charge in [-0.05, 0) is 65.9 Å². The maximum Gasteiger partial charge on any atom is 0.264 e. The van der Waals surface area contributed by atoms with Crippen LogP contribution in [0.2, 0.25) is 0 Å². The number of pyridine rings is 1. The first kappa shape index (κ1) is 17.0. The van der Waals surface area contributed by atoms with Gasteiger partial charge in [-0.2, -0.15) is 0 Å². The Morgan fingerprint density at radius 1 is 1.15 bits per heavy atom. The van der Waals surface area contributed by atoms with Crippen molar-refractivity contribution in [3.8, 4) is 0 Å². The van der Waals surface area contributed by atoms with Gasteiger partial charge >= 0.3 is 0 Å². The van der Waals surface area contributed by atoms with Crippen molar-refractivity contribution in [1.82, 2.24) is 10.3 Å². The topological polar surface area (TPSA) is 97.4 Å². The molecule has 4 rings (SSSR count). The summed E-state index contributed by atoms with van der Waals surface area (Å²) in [6, 6.07) is 16.3. The van der Waals surface area contributed by atoms with Gasteiger partial charge in [0.15, 0.2) is 5.17 Å². The third-order valence-corrected chi connectivity index (χ3v) is 4.87. The van der Waals surface area contributed by atoms with E-state index in [0.717, 1.165) is 16.5 Å². The summed E-state index contributed by atoms with van der Waals surface area (Å²) in [5.74, 6) is -0.688. The number of fused-ring (bicyclic) bond motifs is 1. The van der Waals surface area contributed by atoms with Crippen molar-refractivity contribution in [2.75, 3.05) is 0 Å². The number of aromatic nitrogens is 1. The molecule has 2 aromatic carbocycles. The van der Waals surface area contributed by atoms with E-state index in [2.05, 4.69) is 15.3 Å². The van der Waals surface area contributed by atoms with Crippen LogP contribution in [0.25, 0.3) is 17.0 Å². The van der Waals surface area contributed by atoms with E-state index >= 15 is 0 Å². The highest BCUT2D eigenvalue weighted by molar-refractivity contribution is 8.18. The number of nitrogens with two attached hydrogens (primary N) is 1. The molecule has 1 fully saturated rings. The molecule has 3 N–H and O–H groups in total. The Morgan fingerprint density at radius 2 is 1.96 bits per heavy atom. The Bertz CT molecular complexity index is 1120. The Kier molecular flexibility index (Phi) is 4.43. The molecule has 6 nitrogen and oxygen atoms in total. The van der Waals surface area contributed by atoms with E-state index in [0.29, 0.717) is 21.3 Å². The number of carbonyl (C=O) groups is 2. The number of primary amides is 1. The number of carbonyl (C=O) groups excluding carboxylic acids is 2.